The molecule has 0 unspecified atom stereocenters. The first kappa shape index (κ1) is 17.5. The van der Waals surface area contributed by atoms with Crippen LogP contribution in [0.15, 0.2) is 18.2 Å². The standard InChI is InChI=1S/C15H18ClN3OS.ClH/c16-10-4-5-13-12(7-10)19-15(21-13)8-18-14(20)6-9-2-1-3-11(9)17;/h4-5,7,9,11H,1-3,6,8,17H2,(H,18,20);1H/t9-,11+;/m0./s1. The maximum atomic E-state index is 12.0. The van der Waals surface area contributed by atoms with Crippen molar-refractivity contribution >= 4 is 51.5 Å². The first-order chi connectivity index (χ1) is 10.1. The van der Waals surface area contributed by atoms with Crippen molar-refractivity contribution < 1.29 is 4.79 Å². The number of nitrogens with two attached hydrogens (primary N) is 1. The van der Waals surface area contributed by atoms with Gasteiger partial charge in [-0.25, -0.2) is 4.98 Å². The number of fused-ring (bicyclic) bond motifs is 1. The molecule has 1 heterocycles. The largest absolute Gasteiger partial charge is 0.350 e. The van der Waals surface area contributed by atoms with E-state index in [1.54, 1.807) is 11.3 Å². The minimum absolute atomic E-state index is 0. The quantitative estimate of drug-likeness (QED) is 0.877. The molecule has 2 atom stereocenters. The van der Waals surface area contributed by atoms with Gasteiger partial charge in [-0.2, -0.15) is 0 Å². The zero-order valence-corrected chi connectivity index (χ0v) is 14.4. The highest BCUT2D eigenvalue weighted by atomic mass is 35.5. The zero-order valence-electron chi connectivity index (χ0n) is 12.0. The molecule has 1 amide bonds. The van der Waals surface area contributed by atoms with Gasteiger partial charge in [0, 0.05) is 17.5 Å². The van der Waals surface area contributed by atoms with Crippen LogP contribution in [0.4, 0.5) is 0 Å². The highest BCUT2D eigenvalue weighted by Crippen LogP contribution is 2.27. The minimum atomic E-state index is 0. The normalized spacial score (nSPS) is 20.8. The second kappa shape index (κ2) is 7.59. The average Bonchev–Trinajstić information content (AvgIpc) is 3.02. The van der Waals surface area contributed by atoms with Crippen LogP contribution < -0.4 is 11.1 Å². The molecular formula is C15H19Cl2N3OS. The third kappa shape index (κ3) is 4.10. The van der Waals surface area contributed by atoms with Crippen LogP contribution >= 0.6 is 35.3 Å². The lowest BCUT2D eigenvalue weighted by Gasteiger charge is -2.14. The van der Waals surface area contributed by atoms with E-state index < -0.39 is 0 Å². The first-order valence-electron chi connectivity index (χ1n) is 7.19. The van der Waals surface area contributed by atoms with E-state index in [1.807, 2.05) is 18.2 Å². The van der Waals surface area contributed by atoms with E-state index in [2.05, 4.69) is 10.3 Å². The lowest BCUT2D eigenvalue weighted by molar-refractivity contribution is -0.122. The number of carbonyl (C=O) groups is 1. The smallest absolute Gasteiger partial charge is 0.220 e. The molecule has 7 heteroatoms. The predicted octanol–water partition coefficient (Wildman–Crippen LogP) is 3.51. The lowest BCUT2D eigenvalue weighted by atomic mass is 10.00. The molecule has 1 aliphatic carbocycles. The van der Waals surface area contributed by atoms with E-state index in [0.717, 1.165) is 34.5 Å². The number of hydrogen-bond acceptors (Lipinski definition) is 4. The van der Waals surface area contributed by atoms with E-state index >= 15 is 0 Å². The summed E-state index contributed by atoms with van der Waals surface area (Å²) in [5, 5.41) is 4.52. The SMILES string of the molecule is Cl.N[C@@H]1CCC[C@H]1CC(=O)NCc1nc2cc(Cl)ccc2s1. The summed E-state index contributed by atoms with van der Waals surface area (Å²) >= 11 is 7.53. The van der Waals surface area contributed by atoms with Crippen LogP contribution in [0, 0.1) is 5.92 Å². The van der Waals surface area contributed by atoms with Gasteiger partial charge >= 0.3 is 0 Å². The maximum Gasteiger partial charge on any atom is 0.220 e. The second-order valence-corrected chi connectivity index (χ2v) is 7.11. The van der Waals surface area contributed by atoms with Crippen LogP contribution in [-0.4, -0.2) is 16.9 Å². The Morgan fingerprint density at radius 3 is 3.00 bits per heavy atom. The number of rotatable bonds is 4. The molecule has 3 N–H and O–H groups in total. The number of hydrogen-bond donors (Lipinski definition) is 2. The molecule has 0 radical (unpaired) electrons. The van der Waals surface area contributed by atoms with Crippen molar-refractivity contribution in [1.29, 1.82) is 0 Å². The first-order valence-corrected chi connectivity index (χ1v) is 8.38. The second-order valence-electron chi connectivity index (χ2n) is 5.56. The van der Waals surface area contributed by atoms with Crippen molar-refractivity contribution in [1.82, 2.24) is 10.3 Å². The van der Waals surface area contributed by atoms with Gasteiger partial charge in [0.05, 0.1) is 16.8 Å². The monoisotopic (exact) mass is 359 g/mol. The van der Waals surface area contributed by atoms with Crippen molar-refractivity contribution in [3.8, 4) is 0 Å². The summed E-state index contributed by atoms with van der Waals surface area (Å²) < 4.78 is 1.08. The maximum absolute atomic E-state index is 12.0. The topological polar surface area (TPSA) is 68.0 Å². The summed E-state index contributed by atoms with van der Waals surface area (Å²) in [6.07, 6.45) is 3.76. The van der Waals surface area contributed by atoms with Crippen LogP contribution in [0.1, 0.15) is 30.7 Å². The summed E-state index contributed by atoms with van der Waals surface area (Å²) in [6, 6.07) is 5.83. The Morgan fingerprint density at radius 2 is 2.27 bits per heavy atom. The number of amides is 1. The molecule has 0 spiro atoms. The predicted molar refractivity (Wildman–Crippen MR) is 93.7 cm³/mol. The molecule has 0 aliphatic heterocycles. The van der Waals surface area contributed by atoms with Crippen LogP contribution in [0.3, 0.4) is 0 Å². The van der Waals surface area contributed by atoms with E-state index in [9.17, 15) is 4.79 Å². The molecule has 1 fully saturated rings. The summed E-state index contributed by atoms with van der Waals surface area (Å²) in [5.74, 6) is 0.397. The molecule has 4 nitrogen and oxygen atoms in total. The van der Waals surface area contributed by atoms with Gasteiger partial charge < -0.3 is 11.1 Å². The summed E-state index contributed by atoms with van der Waals surface area (Å²) in [5.41, 5.74) is 6.88. The third-order valence-electron chi connectivity index (χ3n) is 4.00. The minimum Gasteiger partial charge on any atom is -0.350 e. The Morgan fingerprint density at radius 1 is 1.45 bits per heavy atom. The zero-order chi connectivity index (χ0) is 14.8. The molecule has 1 aromatic heterocycles. The number of halogens is 2. The van der Waals surface area contributed by atoms with Crippen molar-refractivity contribution in [3.63, 3.8) is 0 Å². The molecule has 22 heavy (non-hydrogen) atoms. The van der Waals surface area contributed by atoms with Gasteiger partial charge in [0.2, 0.25) is 5.91 Å². The summed E-state index contributed by atoms with van der Waals surface area (Å²) in [7, 11) is 0. The average molecular weight is 360 g/mol. The van der Waals surface area contributed by atoms with E-state index in [0.29, 0.717) is 23.9 Å². The molecule has 0 bridgehead atoms. The van der Waals surface area contributed by atoms with Gasteiger partial charge in [-0.05, 0) is 37.0 Å². The Balaban J connectivity index is 0.00000176. The highest BCUT2D eigenvalue weighted by molar-refractivity contribution is 7.18. The van der Waals surface area contributed by atoms with E-state index in [4.69, 9.17) is 17.3 Å². The summed E-state index contributed by atoms with van der Waals surface area (Å²) in [6.45, 7) is 0.470. The number of carbonyl (C=O) groups excluding carboxylic acids is 1. The van der Waals surface area contributed by atoms with Crippen LogP contribution in [0.25, 0.3) is 10.2 Å². The lowest BCUT2D eigenvalue weighted by Crippen LogP contribution is -2.31. The molecule has 1 aliphatic rings. The van der Waals surface area contributed by atoms with E-state index in [-0.39, 0.29) is 24.4 Å². The summed E-state index contributed by atoms with van der Waals surface area (Å²) in [4.78, 5) is 16.5. The number of nitrogens with zero attached hydrogens (tertiary/aromatic N) is 1. The fourth-order valence-corrected chi connectivity index (χ4v) is 3.88. The molecular weight excluding hydrogens is 341 g/mol. The van der Waals surface area contributed by atoms with Crippen LogP contribution in [0.2, 0.25) is 5.02 Å². The number of aromatic nitrogens is 1. The van der Waals surface area contributed by atoms with Crippen LogP contribution in [0.5, 0.6) is 0 Å². The number of thiazole rings is 1. The molecule has 120 valence electrons. The van der Waals surface area contributed by atoms with Crippen molar-refractivity contribution in [3.05, 3.63) is 28.2 Å². The van der Waals surface area contributed by atoms with Crippen molar-refractivity contribution in [2.24, 2.45) is 11.7 Å². The fourth-order valence-electron chi connectivity index (χ4n) is 2.83. The van der Waals surface area contributed by atoms with Gasteiger partial charge in [0.15, 0.2) is 0 Å². The van der Waals surface area contributed by atoms with Crippen molar-refractivity contribution in [2.45, 2.75) is 38.3 Å². The highest BCUT2D eigenvalue weighted by Gasteiger charge is 2.25. The van der Waals surface area contributed by atoms with Gasteiger partial charge in [-0.3, -0.25) is 4.79 Å². The molecule has 1 aromatic carbocycles. The Kier molecular flexibility index (Phi) is 6.03. The Labute approximate surface area is 144 Å². The van der Waals surface area contributed by atoms with Crippen LogP contribution in [-0.2, 0) is 11.3 Å². The van der Waals surface area contributed by atoms with Gasteiger partial charge in [0.1, 0.15) is 5.01 Å². The van der Waals surface area contributed by atoms with Gasteiger partial charge in [-0.15, -0.1) is 23.7 Å². The fraction of sp³-hybridized carbons (Fsp3) is 0.467. The Hall–Kier alpha value is -0.880. The molecule has 1 saturated carbocycles. The van der Waals surface area contributed by atoms with Crippen molar-refractivity contribution in [2.75, 3.05) is 0 Å². The molecule has 0 saturated heterocycles. The Bertz CT molecular complexity index is 661. The molecule has 3 rings (SSSR count). The van der Waals surface area contributed by atoms with Gasteiger partial charge in [-0.1, -0.05) is 18.0 Å². The number of benzene rings is 1. The third-order valence-corrected chi connectivity index (χ3v) is 5.27. The number of nitrogens with one attached hydrogen (secondary N) is 1. The molecule has 2 aromatic rings. The van der Waals surface area contributed by atoms with E-state index in [1.165, 1.54) is 0 Å². The van der Waals surface area contributed by atoms with Gasteiger partial charge in [0.25, 0.3) is 0 Å².